The first-order chi connectivity index (χ1) is 30.9. The molecular formula is C52H52Cl2N2O8. The summed E-state index contributed by atoms with van der Waals surface area (Å²) >= 11 is 13.2. The van der Waals surface area contributed by atoms with Gasteiger partial charge >= 0.3 is 24.2 Å². The topological polar surface area (TPSA) is 147 Å². The lowest BCUT2D eigenvalue weighted by atomic mass is 9.87. The largest absolute Gasteiger partial charge is 0.464 e. The number of methoxy groups -OCH3 is 2. The number of hydrogen-bond acceptors (Lipinski definition) is 10. The molecule has 332 valence electrons. The first-order valence-electron chi connectivity index (χ1n) is 20.1. The predicted octanol–water partition coefficient (Wildman–Crippen LogP) is 11.5. The van der Waals surface area contributed by atoms with Gasteiger partial charge in [-0.3, -0.25) is 0 Å². The van der Waals surface area contributed by atoms with Crippen LogP contribution in [0, 0.1) is 13.8 Å². The lowest BCUT2D eigenvalue weighted by molar-refractivity contribution is -0.193. The number of esters is 2. The van der Waals surface area contributed by atoms with Crippen LogP contribution in [0.1, 0.15) is 102 Å². The number of halogens is 2. The van der Waals surface area contributed by atoms with Gasteiger partial charge < -0.3 is 9.47 Å². The van der Waals surface area contributed by atoms with E-state index in [2.05, 4.69) is 106 Å². The van der Waals surface area contributed by atoms with E-state index in [4.69, 9.17) is 47.1 Å². The van der Waals surface area contributed by atoms with Crippen molar-refractivity contribution in [2.75, 3.05) is 14.2 Å². The highest BCUT2D eigenvalue weighted by atomic mass is 35.5. The quantitative estimate of drug-likeness (QED) is 0.0764. The Bertz CT molecular complexity index is 2340. The third kappa shape index (κ3) is 20.4. The SMILES string of the molecule is C=Cc1cc(C)nc(C(=O)OC)c1.COC(=O)c1cc(C(Cl)CC(CCc2ccccc2)c2ccccc2)cc(C)n1.ClC(CCc1ccccc1)c1ccccc1.O=C=O.O=C=O. The minimum Gasteiger partial charge on any atom is -0.464 e. The van der Waals surface area contributed by atoms with Gasteiger partial charge in [-0.15, -0.1) is 23.2 Å². The molecule has 0 aliphatic rings. The molecule has 3 atom stereocenters. The Labute approximate surface area is 385 Å². The van der Waals surface area contributed by atoms with E-state index in [0.29, 0.717) is 17.3 Å². The second kappa shape index (κ2) is 31.1. The highest BCUT2D eigenvalue weighted by Crippen LogP contribution is 2.36. The van der Waals surface area contributed by atoms with E-state index in [9.17, 15) is 9.59 Å². The van der Waals surface area contributed by atoms with Gasteiger partial charge in [0.2, 0.25) is 0 Å². The van der Waals surface area contributed by atoms with Crippen LogP contribution in [0.25, 0.3) is 6.08 Å². The van der Waals surface area contributed by atoms with Crippen LogP contribution in [0.3, 0.4) is 0 Å². The molecule has 6 rings (SSSR count). The van der Waals surface area contributed by atoms with E-state index in [-0.39, 0.29) is 23.1 Å². The number of carbonyl (C=O) groups excluding carboxylic acids is 6. The summed E-state index contributed by atoms with van der Waals surface area (Å²) in [6, 6.07) is 48.9. The van der Waals surface area contributed by atoms with Crippen LogP contribution in [0.2, 0.25) is 0 Å². The van der Waals surface area contributed by atoms with E-state index in [1.54, 1.807) is 18.2 Å². The van der Waals surface area contributed by atoms with Crippen LogP contribution in [0.4, 0.5) is 0 Å². The number of ether oxygens (including phenoxy) is 2. The van der Waals surface area contributed by atoms with Gasteiger partial charge in [-0.1, -0.05) is 134 Å². The molecule has 4 aromatic carbocycles. The van der Waals surface area contributed by atoms with Gasteiger partial charge in [0.05, 0.1) is 25.0 Å². The van der Waals surface area contributed by atoms with Crippen LogP contribution >= 0.6 is 23.2 Å². The molecule has 64 heavy (non-hydrogen) atoms. The Morgan fingerprint density at radius 1 is 0.578 bits per heavy atom. The third-order valence-corrected chi connectivity index (χ3v) is 10.3. The fourth-order valence-electron chi connectivity index (χ4n) is 6.39. The van der Waals surface area contributed by atoms with Crippen LogP contribution in [0.15, 0.2) is 152 Å². The maximum absolute atomic E-state index is 11.9. The van der Waals surface area contributed by atoms with Gasteiger partial charge in [-0.25, -0.2) is 19.6 Å². The summed E-state index contributed by atoms with van der Waals surface area (Å²) in [5.41, 5.74) is 9.09. The summed E-state index contributed by atoms with van der Waals surface area (Å²) in [6.07, 6.45) is 6.96. The molecule has 0 fully saturated rings. The number of aryl methyl sites for hydroxylation is 4. The Morgan fingerprint density at radius 2 is 0.984 bits per heavy atom. The van der Waals surface area contributed by atoms with Crippen molar-refractivity contribution in [3.05, 3.63) is 208 Å². The highest BCUT2D eigenvalue weighted by Gasteiger charge is 2.20. The number of carbonyl (C=O) groups is 2. The lowest BCUT2D eigenvalue weighted by Gasteiger charge is -2.21. The molecule has 0 saturated carbocycles. The van der Waals surface area contributed by atoms with Crippen LogP contribution < -0.4 is 0 Å². The number of hydrogen-bond donors (Lipinski definition) is 0. The summed E-state index contributed by atoms with van der Waals surface area (Å²) in [6.45, 7) is 7.30. The normalized spacial score (nSPS) is 11.1. The van der Waals surface area contributed by atoms with Gasteiger partial charge in [0.15, 0.2) is 0 Å². The molecule has 2 heterocycles. The van der Waals surface area contributed by atoms with Gasteiger partial charge in [0.1, 0.15) is 11.4 Å². The molecule has 0 spiro atoms. The minimum atomic E-state index is -0.442. The average Bonchev–Trinajstić information content (AvgIpc) is 3.33. The summed E-state index contributed by atoms with van der Waals surface area (Å²) in [5.74, 6) is -0.553. The standard InChI is InChI=1S/C25H26ClNO2.C15H15Cl.C10H11NO2.2CO2/c1-18-15-22(17-24(27-18)25(28)29-2)23(26)16-21(20-11-7-4-8-12-20)14-13-19-9-5-3-6-10-19;16-15(14-9-5-2-6-10-14)12-11-13-7-3-1-4-8-13;1-4-8-5-7(2)11-9(6-8)10(12)13-3;2*2-1-3/h3-12,15,17,21,23H,13-14,16H2,1-2H3;1-10,15H,11-12H2;4-6H,1H2,2-3H3;;. The first kappa shape index (κ1) is 53.3. The molecule has 6 aromatic rings. The van der Waals surface area contributed by atoms with Crippen LogP contribution in [-0.2, 0) is 41.5 Å². The molecule has 0 aliphatic carbocycles. The van der Waals surface area contributed by atoms with Gasteiger partial charge in [-0.05, 0) is 110 Å². The molecule has 0 amide bonds. The van der Waals surface area contributed by atoms with Crippen molar-refractivity contribution < 1.29 is 38.2 Å². The number of benzene rings is 4. The van der Waals surface area contributed by atoms with Crippen molar-refractivity contribution in [2.45, 2.75) is 62.6 Å². The van der Waals surface area contributed by atoms with Crippen molar-refractivity contribution in [3.63, 3.8) is 0 Å². The second-order valence-corrected chi connectivity index (χ2v) is 15.0. The van der Waals surface area contributed by atoms with E-state index in [0.717, 1.165) is 54.6 Å². The van der Waals surface area contributed by atoms with Crippen molar-refractivity contribution in [3.8, 4) is 0 Å². The van der Waals surface area contributed by atoms with Crippen molar-refractivity contribution >= 4 is 53.5 Å². The van der Waals surface area contributed by atoms with Gasteiger partial charge in [0, 0.05) is 11.4 Å². The lowest BCUT2D eigenvalue weighted by Crippen LogP contribution is -2.09. The molecule has 0 saturated heterocycles. The third-order valence-electron chi connectivity index (χ3n) is 9.42. The molecular weight excluding hydrogens is 851 g/mol. The first-order valence-corrected chi connectivity index (χ1v) is 21.0. The smallest absolute Gasteiger partial charge is 0.373 e. The summed E-state index contributed by atoms with van der Waals surface area (Å²) in [5, 5.41) is -0.109. The van der Waals surface area contributed by atoms with E-state index in [1.807, 2.05) is 62.4 Å². The van der Waals surface area contributed by atoms with Crippen molar-refractivity contribution in [1.29, 1.82) is 0 Å². The number of pyridine rings is 2. The van der Waals surface area contributed by atoms with Crippen molar-refractivity contribution in [2.24, 2.45) is 0 Å². The Kier molecular flexibility index (Phi) is 25.9. The van der Waals surface area contributed by atoms with Crippen molar-refractivity contribution in [1.82, 2.24) is 9.97 Å². The molecule has 10 nitrogen and oxygen atoms in total. The van der Waals surface area contributed by atoms with E-state index >= 15 is 0 Å². The molecule has 3 unspecified atom stereocenters. The average molecular weight is 904 g/mol. The predicted molar refractivity (Wildman–Crippen MR) is 248 cm³/mol. The van der Waals surface area contributed by atoms with Crippen LogP contribution in [0.5, 0.6) is 0 Å². The molecule has 0 aliphatic heterocycles. The Balaban J connectivity index is 0.000000338. The molecule has 0 radical (unpaired) electrons. The summed E-state index contributed by atoms with van der Waals surface area (Å²) < 4.78 is 9.37. The maximum Gasteiger partial charge on any atom is 0.373 e. The molecule has 0 bridgehead atoms. The van der Waals surface area contributed by atoms with Gasteiger partial charge in [0.25, 0.3) is 0 Å². The van der Waals surface area contributed by atoms with E-state index < -0.39 is 11.9 Å². The zero-order valence-corrected chi connectivity index (χ0v) is 37.8. The molecule has 12 heteroatoms. The maximum atomic E-state index is 11.9. The monoisotopic (exact) mass is 902 g/mol. The highest BCUT2D eigenvalue weighted by molar-refractivity contribution is 6.21. The fraction of sp³-hybridized carbons (Fsp3) is 0.231. The van der Waals surface area contributed by atoms with E-state index in [1.165, 1.54) is 36.5 Å². The second-order valence-electron chi connectivity index (χ2n) is 13.9. The minimum absolute atomic E-state index is 0.112. The number of rotatable bonds is 14. The summed E-state index contributed by atoms with van der Waals surface area (Å²) in [4.78, 5) is 63.8. The molecule has 2 aromatic heterocycles. The Hall–Kier alpha value is -6.80. The zero-order chi connectivity index (χ0) is 47.1. The Morgan fingerprint density at radius 3 is 1.44 bits per heavy atom. The van der Waals surface area contributed by atoms with Gasteiger partial charge in [-0.2, -0.15) is 19.2 Å². The fourth-order valence-corrected chi connectivity index (χ4v) is 6.99. The summed E-state index contributed by atoms with van der Waals surface area (Å²) in [7, 11) is 2.69. The van der Waals surface area contributed by atoms with Crippen LogP contribution in [-0.4, -0.2) is 48.4 Å². The number of aromatic nitrogens is 2. The molecule has 0 N–H and O–H groups in total. The number of alkyl halides is 2. The number of nitrogens with zero attached hydrogens (tertiary/aromatic N) is 2. The zero-order valence-electron chi connectivity index (χ0n) is 36.3.